The first kappa shape index (κ1) is 24.9. The highest BCUT2D eigenvalue weighted by Gasteiger charge is 2.55. The molecule has 0 saturated carbocycles. The molecule has 2 rings (SSSR count). The van der Waals surface area contributed by atoms with Crippen LogP contribution >= 0.6 is 11.6 Å². The Morgan fingerprint density at radius 1 is 1.13 bits per heavy atom. The quantitative estimate of drug-likeness (QED) is 0.483. The molecular weight excluding hydrogens is 461 g/mol. The lowest BCUT2D eigenvalue weighted by molar-refractivity contribution is -0.242. The number of amides is 1. The van der Waals surface area contributed by atoms with Crippen molar-refractivity contribution >= 4 is 38.7 Å². The summed E-state index contributed by atoms with van der Waals surface area (Å²) >= 11 is 5.95. The van der Waals surface area contributed by atoms with E-state index in [2.05, 4.69) is 5.32 Å². The van der Waals surface area contributed by atoms with Crippen molar-refractivity contribution in [3.8, 4) is 0 Å². The van der Waals surface area contributed by atoms with E-state index in [0.29, 0.717) is 5.69 Å². The van der Waals surface area contributed by atoms with Crippen LogP contribution in [-0.4, -0.2) is 49.0 Å². The Kier molecular flexibility index (Phi) is 7.26. The smallest absolute Gasteiger partial charge is 0.392 e. The minimum atomic E-state index is -5.22. The molecule has 1 amide bonds. The normalized spacial score (nSPS) is 15.1. The molecule has 0 radical (unpaired) electrons. The molecule has 7 nitrogen and oxygen atoms in total. The number of alkyl halides is 3. The number of carbonyl (C=O) groups excluding carboxylic acids is 1. The Bertz CT molecular complexity index is 1060. The first-order chi connectivity index (χ1) is 14.2. The number of benzene rings is 2. The Morgan fingerprint density at radius 2 is 1.68 bits per heavy atom. The van der Waals surface area contributed by atoms with E-state index >= 15 is 0 Å². The lowest BCUT2D eigenvalue weighted by atomic mass is 10.1. The second kappa shape index (κ2) is 9.03. The lowest BCUT2D eigenvalue weighted by Gasteiger charge is -2.25. The van der Waals surface area contributed by atoms with Gasteiger partial charge in [0.05, 0.1) is 26.6 Å². The zero-order chi connectivity index (χ0) is 23.6. The summed E-state index contributed by atoms with van der Waals surface area (Å²) in [5.74, 6) is -1.77. The number of nitrogens with one attached hydrogen (secondary N) is 2. The first-order valence-electron chi connectivity index (χ1n) is 8.83. The van der Waals surface area contributed by atoms with E-state index in [9.17, 15) is 36.6 Å². The van der Waals surface area contributed by atoms with Crippen LogP contribution in [0.1, 0.15) is 13.8 Å². The maximum Gasteiger partial charge on any atom is 0.426 e. The van der Waals surface area contributed by atoms with Gasteiger partial charge < -0.3 is 20.8 Å². The molecule has 170 valence electrons. The first-order valence-corrected chi connectivity index (χ1v) is 10.7. The third-order valence-electron chi connectivity index (χ3n) is 4.26. The highest BCUT2D eigenvalue weighted by molar-refractivity contribution is 7.91. The van der Waals surface area contributed by atoms with E-state index in [0.717, 1.165) is 18.2 Å². The number of sulfone groups is 1. The van der Waals surface area contributed by atoms with Crippen LogP contribution in [-0.2, 0) is 14.6 Å². The summed E-state index contributed by atoms with van der Waals surface area (Å²) < 4.78 is 63.9. The molecule has 2 aromatic carbocycles. The molecular formula is C19H20ClF3N2O5S. The molecule has 0 bridgehead atoms. The van der Waals surface area contributed by atoms with Crippen molar-refractivity contribution < 1.29 is 36.6 Å². The van der Waals surface area contributed by atoms with Crippen molar-refractivity contribution in [3.05, 3.63) is 47.5 Å². The average molecular weight is 481 g/mol. The minimum absolute atomic E-state index is 0.0667. The zero-order valence-electron chi connectivity index (χ0n) is 16.4. The van der Waals surface area contributed by atoms with Crippen LogP contribution in [0.3, 0.4) is 0 Å². The SMILES string of the molecule is CC(O)CNc1ccc(S(=O)(=O)c2ccc(NC(=O)C(C)(O)C(F)(F)F)c(Cl)c2)cc1. The Labute approximate surface area is 181 Å². The van der Waals surface area contributed by atoms with Crippen molar-refractivity contribution in [2.75, 3.05) is 17.2 Å². The van der Waals surface area contributed by atoms with Gasteiger partial charge in [0, 0.05) is 12.2 Å². The van der Waals surface area contributed by atoms with Crippen molar-refractivity contribution in [2.45, 2.75) is 41.5 Å². The van der Waals surface area contributed by atoms with Crippen molar-refractivity contribution in [3.63, 3.8) is 0 Å². The van der Waals surface area contributed by atoms with Gasteiger partial charge in [0.1, 0.15) is 0 Å². The molecule has 2 unspecified atom stereocenters. The average Bonchev–Trinajstić information content (AvgIpc) is 2.67. The summed E-state index contributed by atoms with van der Waals surface area (Å²) in [6.07, 6.45) is -5.81. The van der Waals surface area contributed by atoms with Crippen molar-refractivity contribution in [1.82, 2.24) is 0 Å². The maximum absolute atomic E-state index is 12.8. The Morgan fingerprint density at radius 3 is 2.16 bits per heavy atom. The number of anilines is 2. The van der Waals surface area contributed by atoms with E-state index in [1.54, 1.807) is 6.92 Å². The largest absolute Gasteiger partial charge is 0.426 e. The molecule has 12 heteroatoms. The van der Waals surface area contributed by atoms with Gasteiger partial charge in [-0.2, -0.15) is 13.2 Å². The maximum atomic E-state index is 12.8. The fourth-order valence-electron chi connectivity index (χ4n) is 2.29. The van der Waals surface area contributed by atoms with E-state index in [4.69, 9.17) is 11.6 Å². The monoisotopic (exact) mass is 480 g/mol. The third-order valence-corrected chi connectivity index (χ3v) is 6.34. The summed E-state index contributed by atoms with van der Waals surface area (Å²) in [6, 6.07) is 8.76. The van der Waals surface area contributed by atoms with Gasteiger partial charge in [0.15, 0.2) is 0 Å². The van der Waals surface area contributed by atoms with E-state index in [1.165, 1.54) is 24.3 Å². The van der Waals surface area contributed by atoms with Crippen LogP contribution < -0.4 is 10.6 Å². The van der Waals surface area contributed by atoms with Crippen LogP contribution in [0.4, 0.5) is 24.5 Å². The third kappa shape index (κ3) is 5.67. The number of rotatable bonds is 7. The minimum Gasteiger partial charge on any atom is -0.392 e. The summed E-state index contributed by atoms with van der Waals surface area (Å²) in [7, 11) is -4.01. The molecule has 31 heavy (non-hydrogen) atoms. The van der Waals surface area contributed by atoms with Gasteiger partial charge >= 0.3 is 6.18 Å². The molecule has 0 heterocycles. The van der Waals surface area contributed by atoms with Crippen molar-refractivity contribution in [1.29, 1.82) is 0 Å². The second-order valence-electron chi connectivity index (χ2n) is 6.92. The molecule has 0 aliphatic heterocycles. The van der Waals surface area contributed by atoms with Crippen LogP contribution in [0.25, 0.3) is 0 Å². The van der Waals surface area contributed by atoms with Crippen LogP contribution in [0.15, 0.2) is 52.3 Å². The molecule has 0 aliphatic rings. The lowest BCUT2D eigenvalue weighted by Crippen LogP contribution is -2.52. The summed E-state index contributed by atoms with van der Waals surface area (Å²) in [4.78, 5) is 11.5. The molecule has 2 atom stereocenters. The molecule has 0 aromatic heterocycles. The zero-order valence-corrected chi connectivity index (χ0v) is 17.9. The predicted octanol–water partition coefficient (Wildman–Crippen LogP) is 3.22. The van der Waals surface area contributed by atoms with Crippen LogP contribution in [0, 0.1) is 0 Å². The van der Waals surface area contributed by atoms with Gasteiger partial charge in [-0.3, -0.25) is 4.79 Å². The van der Waals surface area contributed by atoms with E-state index in [1.807, 2.05) is 5.32 Å². The number of hydrogen-bond donors (Lipinski definition) is 4. The fraction of sp³-hybridized carbons (Fsp3) is 0.316. The molecule has 0 spiro atoms. The standard InChI is InChI=1S/C19H20ClF3N2O5S/c1-11(26)10-24-12-3-5-13(6-4-12)31(29,30)14-7-8-16(15(20)9-14)25-17(27)18(2,28)19(21,22)23/h3-9,11,24,26,28H,10H2,1-2H3,(H,25,27). The van der Waals surface area contributed by atoms with Gasteiger partial charge in [0.25, 0.3) is 5.91 Å². The molecule has 2 aromatic rings. The van der Waals surface area contributed by atoms with Crippen LogP contribution in [0.5, 0.6) is 0 Å². The second-order valence-corrected chi connectivity index (χ2v) is 9.28. The number of carbonyl (C=O) groups is 1. The highest BCUT2D eigenvalue weighted by Crippen LogP contribution is 2.33. The fourth-order valence-corrected chi connectivity index (χ4v) is 3.87. The molecule has 0 saturated heterocycles. The molecule has 0 fully saturated rings. The van der Waals surface area contributed by atoms with Crippen molar-refractivity contribution in [2.24, 2.45) is 0 Å². The molecule has 4 N–H and O–H groups in total. The number of halogens is 4. The summed E-state index contributed by atoms with van der Waals surface area (Å²) in [6.45, 7) is 2.15. The van der Waals surface area contributed by atoms with Gasteiger partial charge in [-0.1, -0.05) is 11.6 Å². The topological polar surface area (TPSA) is 116 Å². The summed E-state index contributed by atoms with van der Waals surface area (Å²) in [5.41, 5.74) is -3.37. The predicted molar refractivity (Wildman–Crippen MR) is 109 cm³/mol. The van der Waals surface area contributed by atoms with Gasteiger partial charge in [-0.25, -0.2) is 8.42 Å². The van der Waals surface area contributed by atoms with Gasteiger partial charge in [0.2, 0.25) is 15.4 Å². The van der Waals surface area contributed by atoms with Crippen LogP contribution in [0.2, 0.25) is 5.02 Å². The number of aliphatic hydroxyl groups excluding tert-OH is 1. The van der Waals surface area contributed by atoms with E-state index in [-0.39, 0.29) is 34.0 Å². The Balaban J connectivity index is 2.24. The number of aliphatic hydroxyl groups is 2. The number of hydrogen-bond acceptors (Lipinski definition) is 6. The van der Waals surface area contributed by atoms with E-state index < -0.39 is 33.6 Å². The van der Waals surface area contributed by atoms with Gasteiger partial charge in [-0.15, -0.1) is 0 Å². The van der Waals surface area contributed by atoms with Gasteiger partial charge in [-0.05, 0) is 56.3 Å². The summed E-state index contributed by atoms with van der Waals surface area (Å²) in [5, 5.41) is 23.1. The Hall–Kier alpha value is -2.34. The molecule has 0 aliphatic carbocycles. The highest BCUT2D eigenvalue weighted by atomic mass is 35.5.